The van der Waals surface area contributed by atoms with Gasteiger partial charge < -0.3 is 9.73 Å². The van der Waals surface area contributed by atoms with Gasteiger partial charge in [-0.1, -0.05) is 29.8 Å². The van der Waals surface area contributed by atoms with Crippen molar-refractivity contribution in [2.24, 2.45) is 5.92 Å². The maximum atomic E-state index is 14.0. The molecule has 0 aliphatic heterocycles. The van der Waals surface area contributed by atoms with Gasteiger partial charge in [-0.2, -0.15) is 0 Å². The fourth-order valence-corrected chi connectivity index (χ4v) is 3.05. The molecule has 0 radical (unpaired) electrons. The van der Waals surface area contributed by atoms with Gasteiger partial charge in [-0.15, -0.1) is 0 Å². The average molecular weight is 340 g/mol. The minimum Gasteiger partial charge on any atom is -0.456 e. The van der Waals surface area contributed by atoms with Crippen LogP contribution in [0.2, 0.25) is 0 Å². The van der Waals surface area contributed by atoms with Gasteiger partial charge in [0.15, 0.2) is 11.4 Å². The lowest BCUT2D eigenvalue weighted by Crippen LogP contribution is -2.19. The van der Waals surface area contributed by atoms with Crippen LogP contribution in [0.25, 0.3) is 11.0 Å². The van der Waals surface area contributed by atoms with E-state index in [1.54, 1.807) is 0 Å². The van der Waals surface area contributed by atoms with E-state index in [9.17, 15) is 4.39 Å². The van der Waals surface area contributed by atoms with Crippen LogP contribution in [-0.2, 0) is 6.54 Å². The van der Waals surface area contributed by atoms with Gasteiger partial charge in [0, 0.05) is 15.4 Å². The van der Waals surface area contributed by atoms with Crippen molar-refractivity contribution in [3.8, 4) is 0 Å². The molecule has 4 heteroatoms. The second kappa shape index (κ2) is 5.49. The highest BCUT2D eigenvalue weighted by Crippen LogP contribution is 2.47. The Morgan fingerprint density at radius 2 is 2.15 bits per heavy atom. The van der Waals surface area contributed by atoms with Gasteiger partial charge >= 0.3 is 0 Å². The first kappa shape index (κ1) is 14.1. The molecule has 1 aliphatic carbocycles. The normalized spacial score (nSPS) is 15.4. The number of fused-ring (bicyclic) bond motifs is 1. The van der Waals surface area contributed by atoms with Crippen LogP contribution < -0.4 is 5.32 Å². The number of hydrogen-bond acceptors (Lipinski definition) is 2. The summed E-state index contributed by atoms with van der Waals surface area (Å²) in [6, 6.07) is 3.44. The van der Waals surface area contributed by atoms with Gasteiger partial charge in [-0.25, -0.2) is 4.39 Å². The second-order valence-electron chi connectivity index (χ2n) is 6.00. The molecular formula is C16H19BrFNO. The lowest BCUT2D eigenvalue weighted by Gasteiger charge is -2.06. The van der Waals surface area contributed by atoms with Crippen molar-refractivity contribution in [1.29, 1.82) is 0 Å². The quantitative estimate of drug-likeness (QED) is 0.832. The molecule has 20 heavy (non-hydrogen) atoms. The highest BCUT2D eigenvalue weighted by Gasteiger charge is 2.31. The molecule has 1 aromatic heterocycles. The summed E-state index contributed by atoms with van der Waals surface area (Å²) in [4.78, 5) is 0. The monoisotopic (exact) mass is 339 g/mol. The van der Waals surface area contributed by atoms with E-state index in [4.69, 9.17) is 4.42 Å². The van der Waals surface area contributed by atoms with E-state index in [-0.39, 0.29) is 5.82 Å². The van der Waals surface area contributed by atoms with E-state index in [1.807, 2.05) is 6.07 Å². The zero-order valence-electron chi connectivity index (χ0n) is 11.8. The first-order valence-electron chi connectivity index (χ1n) is 7.17. The summed E-state index contributed by atoms with van der Waals surface area (Å²) in [6.07, 6.45) is 2.36. The summed E-state index contributed by atoms with van der Waals surface area (Å²) < 4.78 is 20.6. The Balaban J connectivity index is 1.98. The largest absolute Gasteiger partial charge is 0.456 e. The fraction of sp³-hybridized carbons (Fsp3) is 0.500. The predicted octanol–water partition coefficient (Wildman–Crippen LogP) is 4.96. The summed E-state index contributed by atoms with van der Waals surface area (Å²) in [5.41, 5.74) is 1.60. The molecular weight excluding hydrogens is 321 g/mol. The van der Waals surface area contributed by atoms with E-state index < -0.39 is 0 Å². The molecule has 0 atom stereocenters. The number of benzene rings is 1. The van der Waals surface area contributed by atoms with Crippen molar-refractivity contribution in [2.75, 3.05) is 6.54 Å². The Morgan fingerprint density at radius 3 is 2.80 bits per heavy atom. The van der Waals surface area contributed by atoms with Crippen molar-refractivity contribution in [1.82, 2.24) is 5.32 Å². The standard InChI is InChI=1S/C16H19BrFNO/c1-9(2)7-19-8-14-15(10-3-4-10)12-5-11(17)6-13(18)16(12)20-14/h5-6,9-10,19H,3-4,7-8H2,1-2H3. The summed E-state index contributed by atoms with van der Waals surface area (Å²) in [5, 5.41) is 4.32. The van der Waals surface area contributed by atoms with E-state index in [0.29, 0.717) is 24.0 Å². The number of hydrogen-bond donors (Lipinski definition) is 1. The zero-order chi connectivity index (χ0) is 14.3. The molecule has 108 valence electrons. The van der Waals surface area contributed by atoms with Crippen LogP contribution in [0, 0.1) is 11.7 Å². The van der Waals surface area contributed by atoms with Crippen LogP contribution in [0.15, 0.2) is 21.0 Å². The summed E-state index contributed by atoms with van der Waals surface area (Å²) in [7, 11) is 0. The highest BCUT2D eigenvalue weighted by molar-refractivity contribution is 9.10. The van der Waals surface area contributed by atoms with Gasteiger partial charge in [0.2, 0.25) is 0 Å². The highest BCUT2D eigenvalue weighted by atomic mass is 79.9. The molecule has 3 rings (SSSR count). The smallest absolute Gasteiger partial charge is 0.170 e. The molecule has 1 fully saturated rings. The topological polar surface area (TPSA) is 25.2 Å². The van der Waals surface area contributed by atoms with E-state index in [0.717, 1.165) is 22.2 Å². The first-order chi connectivity index (χ1) is 9.56. The number of halogens is 2. The number of rotatable bonds is 5. The van der Waals surface area contributed by atoms with E-state index >= 15 is 0 Å². The van der Waals surface area contributed by atoms with Gasteiger partial charge in [-0.3, -0.25) is 0 Å². The molecule has 0 saturated heterocycles. The third-order valence-corrected chi connectivity index (χ3v) is 4.11. The van der Waals surface area contributed by atoms with Crippen molar-refractivity contribution >= 4 is 26.9 Å². The SMILES string of the molecule is CC(C)CNCc1oc2c(F)cc(Br)cc2c1C1CC1. The molecule has 2 aromatic rings. The van der Waals surface area contributed by atoms with Gasteiger partial charge in [0.1, 0.15) is 5.76 Å². The first-order valence-corrected chi connectivity index (χ1v) is 7.96. The molecule has 1 aromatic carbocycles. The molecule has 1 N–H and O–H groups in total. The Bertz CT molecular complexity index is 631. The van der Waals surface area contributed by atoms with Crippen LogP contribution in [0.5, 0.6) is 0 Å². The minimum atomic E-state index is -0.286. The van der Waals surface area contributed by atoms with Crippen molar-refractivity contribution in [3.05, 3.63) is 33.7 Å². The Hall–Kier alpha value is -0.870. The Labute approximate surface area is 126 Å². The molecule has 1 heterocycles. The zero-order valence-corrected chi connectivity index (χ0v) is 13.4. The number of furan rings is 1. The lowest BCUT2D eigenvalue weighted by molar-refractivity contribution is 0.470. The average Bonchev–Trinajstić information content (AvgIpc) is 3.12. The summed E-state index contributed by atoms with van der Waals surface area (Å²) in [6.45, 7) is 5.96. The third kappa shape index (κ3) is 2.77. The van der Waals surface area contributed by atoms with Gasteiger partial charge in [0.05, 0.1) is 6.54 Å². The van der Waals surface area contributed by atoms with Crippen LogP contribution in [0.1, 0.15) is 43.9 Å². The molecule has 0 unspecified atom stereocenters. The molecule has 1 aliphatic rings. The van der Waals surface area contributed by atoms with Crippen LogP contribution in [-0.4, -0.2) is 6.54 Å². The molecule has 0 bridgehead atoms. The maximum Gasteiger partial charge on any atom is 0.170 e. The fourth-order valence-electron chi connectivity index (χ4n) is 2.62. The predicted molar refractivity (Wildman–Crippen MR) is 82.4 cm³/mol. The molecule has 2 nitrogen and oxygen atoms in total. The summed E-state index contributed by atoms with van der Waals surface area (Å²) in [5.74, 6) is 1.75. The molecule has 0 amide bonds. The minimum absolute atomic E-state index is 0.286. The van der Waals surface area contributed by atoms with Crippen molar-refractivity contribution in [2.45, 2.75) is 39.2 Å². The van der Waals surface area contributed by atoms with E-state index in [1.165, 1.54) is 24.5 Å². The van der Waals surface area contributed by atoms with Crippen LogP contribution in [0.3, 0.4) is 0 Å². The van der Waals surface area contributed by atoms with Crippen molar-refractivity contribution in [3.63, 3.8) is 0 Å². The molecule has 0 spiro atoms. The Morgan fingerprint density at radius 1 is 1.40 bits per heavy atom. The maximum absolute atomic E-state index is 14.0. The lowest BCUT2D eigenvalue weighted by atomic mass is 10.1. The summed E-state index contributed by atoms with van der Waals surface area (Å²) >= 11 is 3.37. The Kier molecular flexibility index (Phi) is 3.87. The second-order valence-corrected chi connectivity index (χ2v) is 6.92. The van der Waals surface area contributed by atoms with Crippen LogP contribution in [0.4, 0.5) is 4.39 Å². The third-order valence-electron chi connectivity index (χ3n) is 3.65. The van der Waals surface area contributed by atoms with Crippen LogP contribution >= 0.6 is 15.9 Å². The van der Waals surface area contributed by atoms with Crippen molar-refractivity contribution < 1.29 is 8.81 Å². The van der Waals surface area contributed by atoms with Gasteiger partial charge in [-0.05, 0) is 43.4 Å². The van der Waals surface area contributed by atoms with Gasteiger partial charge in [0.25, 0.3) is 0 Å². The van der Waals surface area contributed by atoms with E-state index in [2.05, 4.69) is 35.1 Å². The molecule has 1 saturated carbocycles. The number of nitrogens with one attached hydrogen (secondary N) is 1.